The lowest BCUT2D eigenvalue weighted by atomic mass is 10.3. The van der Waals surface area contributed by atoms with E-state index in [1.165, 1.54) is 29.6 Å². The second-order valence-electron chi connectivity index (χ2n) is 6.88. The van der Waals surface area contributed by atoms with Crippen LogP contribution in [-0.4, -0.2) is 87.2 Å². The lowest BCUT2D eigenvalue weighted by Gasteiger charge is -2.28. The summed E-state index contributed by atoms with van der Waals surface area (Å²) in [6, 6.07) is 4.39. The van der Waals surface area contributed by atoms with Crippen molar-refractivity contribution in [1.29, 1.82) is 0 Å². The van der Waals surface area contributed by atoms with E-state index in [9.17, 15) is 26.4 Å². The molecule has 0 atom stereocenters. The first-order chi connectivity index (χ1) is 15.3. The largest absolute Gasteiger partial charge is 0.495 e. The first kappa shape index (κ1) is 28.9. The summed E-state index contributed by atoms with van der Waals surface area (Å²) in [4.78, 5) is 23.1. The number of hydrogen-bond donors (Lipinski definition) is 2. The molecule has 0 bridgehead atoms. The van der Waals surface area contributed by atoms with E-state index in [2.05, 4.69) is 5.32 Å². The summed E-state index contributed by atoms with van der Waals surface area (Å²) >= 11 is 6.07. The maximum Gasteiger partial charge on any atom is 0.490 e. The summed E-state index contributed by atoms with van der Waals surface area (Å²) in [7, 11) is -2.25. The summed E-state index contributed by atoms with van der Waals surface area (Å²) in [6.45, 7) is 5.27. The van der Waals surface area contributed by atoms with Crippen molar-refractivity contribution in [2.24, 2.45) is 0 Å². The number of rotatable bonds is 8. The van der Waals surface area contributed by atoms with E-state index in [1.54, 1.807) is 4.90 Å². The first-order valence-corrected chi connectivity index (χ1v) is 11.8. The van der Waals surface area contributed by atoms with E-state index in [0.29, 0.717) is 31.8 Å². The van der Waals surface area contributed by atoms with Gasteiger partial charge in [-0.1, -0.05) is 18.5 Å². The second kappa shape index (κ2) is 13.0. The number of ether oxygens (including phenoxy) is 1. The topological polar surface area (TPSA) is 116 Å². The quantitative estimate of drug-likeness (QED) is 0.543. The molecule has 0 aromatic heterocycles. The Labute approximate surface area is 195 Å². The number of alkyl halides is 3. The molecule has 14 heteroatoms. The highest BCUT2D eigenvalue weighted by molar-refractivity contribution is 7.89. The number of carbonyl (C=O) groups excluding carboxylic acids is 1. The highest BCUT2D eigenvalue weighted by Gasteiger charge is 2.38. The van der Waals surface area contributed by atoms with E-state index in [1.807, 2.05) is 6.92 Å². The zero-order valence-electron chi connectivity index (χ0n) is 18.2. The van der Waals surface area contributed by atoms with E-state index in [4.69, 9.17) is 26.2 Å². The molecule has 2 rings (SSSR count). The van der Waals surface area contributed by atoms with Crippen LogP contribution in [0.4, 0.5) is 13.2 Å². The van der Waals surface area contributed by atoms with Crippen molar-refractivity contribution >= 4 is 33.5 Å². The number of carboxylic acids is 1. The molecule has 1 aromatic rings. The molecular weight excluding hydrogens is 491 g/mol. The van der Waals surface area contributed by atoms with Crippen LogP contribution in [0.15, 0.2) is 23.1 Å². The summed E-state index contributed by atoms with van der Waals surface area (Å²) in [6.07, 6.45) is -4.26. The van der Waals surface area contributed by atoms with Crippen molar-refractivity contribution in [3.05, 3.63) is 23.2 Å². The molecule has 1 saturated heterocycles. The van der Waals surface area contributed by atoms with Crippen LogP contribution in [0, 0.1) is 0 Å². The second-order valence-corrected chi connectivity index (χ2v) is 9.23. The molecular formula is C19H27ClF3N3O6S. The van der Waals surface area contributed by atoms with Crippen LogP contribution in [0.1, 0.15) is 19.8 Å². The van der Waals surface area contributed by atoms with Gasteiger partial charge in [0.15, 0.2) is 0 Å². The number of methoxy groups -OCH3 is 1. The Balaban J connectivity index is 0.000000675. The van der Waals surface area contributed by atoms with Crippen molar-refractivity contribution in [2.45, 2.75) is 30.8 Å². The predicted molar refractivity (Wildman–Crippen MR) is 115 cm³/mol. The number of sulfonamides is 1. The molecule has 1 amide bonds. The third-order valence-corrected chi connectivity index (χ3v) is 6.71. The minimum atomic E-state index is -5.08. The van der Waals surface area contributed by atoms with Gasteiger partial charge in [-0.2, -0.15) is 17.5 Å². The number of nitrogens with zero attached hydrogens (tertiary/aromatic N) is 2. The fourth-order valence-corrected chi connectivity index (χ4v) is 4.73. The fourth-order valence-electron chi connectivity index (χ4n) is 2.85. The van der Waals surface area contributed by atoms with E-state index < -0.39 is 22.2 Å². The molecule has 188 valence electrons. The molecule has 1 fully saturated rings. The molecule has 0 saturated carbocycles. The average Bonchev–Trinajstić information content (AvgIpc) is 2.76. The monoisotopic (exact) mass is 517 g/mol. The fraction of sp³-hybridized carbons (Fsp3) is 0.579. The first-order valence-electron chi connectivity index (χ1n) is 9.96. The van der Waals surface area contributed by atoms with Crippen molar-refractivity contribution < 1.29 is 41.0 Å². The molecule has 2 N–H and O–H groups in total. The van der Waals surface area contributed by atoms with Gasteiger partial charge in [-0.25, -0.2) is 13.2 Å². The van der Waals surface area contributed by atoms with Gasteiger partial charge in [0.2, 0.25) is 15.9 Å². The Morgan fingerprint density at radius 1 is 1.24 bits per heavy atom. The molecule has 1 heterocycles. The lowest BCUT2D eigenvalue weighted by Crippen LogP contribution is -2.47. The van der Waals surface area contributed by atoms with Gasteiger partial charge in [0.05, 0.1) is 17.0 Å². The van der Waals surface area contributed by atoms with E-state index >= 15 is 0 Å². The molecule has 0 unspecified atom stereocenters. The van der Waals surface area contributed by atoms with Gasteiger partial charge in [0.1, 0.15) is 5.75 Å². The van der Waals surface area contributed by atoms with Crippen LogP contribution >= 0.6 is 11.6 Å². The molecule has 0 aliphatic carbocycles. The molecule has 1 aliphatic rings. The lowest BCUT2D eigenvalue weighted by molar-refractivity contribution is -0.192. The van der Waals surface area contributed by atoms with E-state index in [0.717, 1.165) is 13.1 Å². The number of carbonyl (C=O) groups is 2. The maximum atomic E-state index is 13.0. The highest BCUT2D eigenvalue weighted by atomic mass is 35.5. The minimum absolute atomic E-state index is 0.0180. The zero-order valence-corrected chi connectivity index (χ0v) is 19.8. The van der Waals surface area contributed by atoms with Crippen LogP contribution < -0.4 is 10.1 Å². The van der Waals surface area contributed by atoms with Gasteiger partial charge in [-0.15, -0.1) is 0 Å². The Morgan fingerprint density at radius 3 is 2.27 bits per heavy atom. The molecule has 0 radical (unpaired) electrons. The Kier molecular flexibility index (Phi) is 11.4. The summed E-state index contributed by atoms with van der Waals surface area (Å²) in [5.41, 5.74) is 0. The van der Waals surface area contributed by atoms with Crippen LogP contribution in [0.25, 0.3) is 0 Å². The number of carboxylic acid groups (broad SMARTS) is 1. The number of nitrogens with one attached hydrogen (secondary N) is 1. The Bertz CT molecular complexity index is 909. The van der Waals surface area contributed by atoms with Gasteiger partial charge >= 0.3 is 12.1 Å². The molecule has 9 nitrogen and oxygen atoms in total. The van der Waals surface area contributed by atoms with Crippen molar-refractivity contribution in [1.82, 2.24) is 14.5 Å². The standard InChI is InChI=1S/C17H26ClN3O4S.C2HF3O2/c1-3-9-21(10-6-17(22)20-11-7-19-8-12-20)26(23,24)14-4-5-16(25-2)15(18)13-14;3-2(4,5)1(6)7/h4-5,13,19H,3,6-12H2,1-2H3;(H,6,7). The van der Waals surface area contributed by atoms with Gasteiger partial charge in [-0.3, -0.25) is 4.79 Å². The van der Waals surface area contributed by atoms with Crippen LogP contribution in [0.5, 0.6) is 5.75 Å². The third kappa shape index (κ3) is 8.99. The maximum absolute atomic E-state index is 13.0. The van der Waals surface area contributed by atoms with Crippen molar-refractivity contribution in [3.8, 4) is 5.75 Å². The summed E-state index contributed by atoms with van der Waals surface area (Å²) < 4.78 is 64.1. The van der Waals surface area contributed by atoms with Crippen LogP contribution in [0.3, 0.4) is 0 Å². The Hall–Kier alpha value is -2.09. The van der Waals surface area contributed by atoms with Gasteiger partial charge in [0, 0.05) is 45.7 Å². The smallest absolute Gasteiger partial charge is 0.490 e. The summed E-state index contributed by atoms with van der Waals surface area (Å²) in [5.74, 6) is -2.36. The SMILES string of the molecule is CCCN(CCC(=O)N1CCNCC1)S(=O)(=O)c1ccc(OC)c(Cl)c1.O=C(O)C(F)(F)F. The number of halogens is 4. The summed E-state index contributed by atoms with van der Waals surface area (Å²) in [5, 5.41) is 10.6. The Morgan fingerprint density at radius 2 is 1.82 bits per heavy atom. The van der Waals surface area contributed by atoms with Crippen molar-refractivity contribution in [3.63, 3.8) is 0 Å². The normalized spacial score (nSPS) is 14.5. The number of piperazine rings is 1. The number of hydrogen-bond acceptors (Lipinski definition) is 6. The van der Waals surface area contributed by atoms with Gasteiger partial charge in [0.25, 0.3) is 0 Å². The minimum Gasteiger partial charge on any atom is -0.495 e. The zero-order chi connectivity index (χ0) is 25.2. The van der Waals surface area contributed by atoms with Crippen molar-refractivity contribution in [2.75, 3.05) is 46.4 Å². The van der Waals surface area contributed by atoms with Gasteiger partial charge in [-0.05, 0) is 24.6 Å². The number of benzene rings is 1. The molecule has 33 heavy (non-hydrogen) atoms. The molecule has 1 aromatic carbocycles. The average molecular weight is 518 g/mol. The van der Waals surface area contributed by atoms with Crippen LogP contribution in [0.2, 0.25) is 5.02 Å². The number of amides is 1. The molecule has 1 aliphatic heterocycles. The predicted octanol–water partition coefficient (Wildman–Crippen LogP) is 2.20. The number of aliphatic carboxylic acids is 1. The molecule has 0 spiro atoms. The van der Waals surface area contributed by atoms with Gasteiger partial charge < -0.3 is 20.1 Å². The highest BCUT2D eigenvalue weighted by Crippen LogP contribution is 2.28. The van der Waals surface area contributed by atoms with E-state index in [-0.39, 0.29) is 28.8 Å². The van der Waals surface area contributed by atoms with Crippen LogP contribution in [-0.2, 0) is 19.6 Å². The third-order valence-electron chi connectivity index (χ3n) is 4.52.